The van der Waals surface area contributed by atoms with E-state index in [-0.39, 0.29) is 0 Å². The Kier molecular flexibility index (Phi) is 3.64. The molecule has 1 unspecified atom stereocenters. The van der Waals surface area contributed by atoms with Crippen LogP contribution in [0.2, 0.25) is 0 Å². The van der Waals surface area contributed by atoms with Crippen LogP contribution in [0.3, 0.4) is 0 Å². The predicted molar refractivity (Wildman–Crippen MR) is 66.3 cm³/mol. The molecule has 0 aliphatic heterocycles. The van der Waals surface area contributed by atoms with Crippen molar-refractivity contribution >= 4 is 0 Å². The van der Waals surface area contributed by atoms with E-state index in [0.717, 1.165) is 13.0 Å². The maximum atomic E-state index is 4.03. The Balaban J connectivity index is 1.76. The van der Waals surface area contributed by atoms with Gasteiger partial charge < -0.3 is 10.3 Å². The third kappa shape index (κ3) is 2.85. The van der Waals surface area contributed by atoms with Crippen LogP contribution in [0, 0.1) is 5.41 Å². The molecule has 1 atom stereocenters. The van der Waals surface area contributed by atoms with Crippen LogP contribution in [0.25, 0.3) is 0 Å². The molecule has 0 radical (unpaired) electrons. The summed E-state index contributed by atoms with van der Waals surface area (Å²) >= 11 is 0. The molecule has 0 bridgehead atoms. The molecule has 1 aromatic rings. The van der Waals surface area contributed by atoms with Gasteiger partial charge in [0.1, 0.15) is 0 Å². The largest absolute Gasteiger partial charge is 0.348 e. The van der Waals surface area contributed by atoms with E-state index in [1.54, 1.807) is 6.33 Å². The molecular formula is C13H23N3. The topological polar surface area (TPSA) is 40.7 Å². The molecule has 0 spiro atoms. The van der Waals surface area contributed by atoms with E-state index in [1.807, 2.05) is 6.20 Å². The summed E-state index contributed by atoms with van der Waals surface area (Å²) in [5, 5.41) is 3.70. The second kappa shape index (κ2) is 5.00. The number of imidazole rings is 1. The molecule has 1 aliphatic rings. The number of hydrogen-bond acceptors (Lipinski definition) is 2. The van der Waals surface area contributed by atoms with Gasteiger partial charge >= 0.3 is 0 Å². The number of H-pyrrole nitrogens is 1. The molecule has 0 amide bonds. The monoisotopic (exact) mass is 221 g/mol. The van der Waals surface area contributed by atoms with Gasteiger partial charge in [-0.25, -0.2) is 4.98 Å². The van der Waals surface area contributed by atoms with Crippen molar-refractivity contribution in [3.63, 3.8) is 0 Å². The lowest BCUT2D eigenvalue weighted by molar-refractivity contribution is 0.169. The molecule has 1 heterocycles. The minimum Gasteiger partial charge on any atom is -0.348 e. The van der Waals surface area contributed by atoms with Gasteiger partial charge in [0.2, 0.25) is 0 Å². The Morgan fingerprint density at radius 1 is 1.50 bits per heavy atom. The van der Waals surface area contributed by atoms with Crippen molar-refractivity contribution in [3.8, 4) is 0 Å². The van der Waals surface area contributed by atoms with Crippen LogP contribution in [0.15, 0.2) is 12.5 Å². The summed E-state index contributed by atoms with van der Waals surface area (Å²) in [5.74, 6) is 0. The smallest absolute Gasteiger partial charge is 0.0921 e. The second-order valence-corrected chi connectivity index (χ2v) is 5.57. The van der Waals surface area contributed by atoms with Gasteiger partial charge in [0.25, 0.3) is 0 Å². The maximum Gasteiger partial charge on any atom is 0.0921 e. The molecule has 16 heavy (non-hydrogen) atoms. The zero-order valence-electron chi connectivity index (χ0n) is 10.4. The van der Waals surface area contributed by atoms with Crippen molar-refractivity contribution in [3.05, 3.63) is 18.2 Å². The fourth-order valence-corrected chi connectivity index (χ4v) is 2.67. The van der Waals surface area contributed by atoms with E-state index < -0.39 is 0 Å². The molecular weight excluding hydrogens is 198 g/mol. The van der Waals surface area contributed by atoms with Crippen LogP contribution in [-0.2, 0) is 6.42 Å². The van der Waals surface area contributed by atoms with Crippen LogP contribution >= 0.6 is 0 Å². The zero-order chi connectivity index (χ0) is 11.4. The Morgan fingerprint density at radius 3 is 3.06 bits per heavy atom. The first kappa shape index (κ1) is 11.6. The summed E-state index contributed by atoms with van der Waals surface area (Å²) < 4.78 is 0. The average Bonchev–Trinajstić information content (AvgIpc) is 2.73. The molecule has 1 aromatic heterocycles. The molecule has 0 aromatic carbocycles. The van der Waals surface area contributed by atoms with E-state index >= 15 is 0 Å². The van der Waals surface area contributed by atoms with Crippen molar-refractivity contribution < 1.29 is 0 Å². The first-order valence-electron chi connectivity index (χ1n) is 6.39. The van der Waals surface area contributed by atoms with E-state index in [0.29, 0.717) is 11.5 Å². The molecule has 90 valence electrons. The molecule has 0 saturated heterocycles. The van der Waals surface area contributed by atoms with Gasteiger partial charge in [0.05, 0.1) is 6.33 Å². The van der Waals surface area contributed by atoms with Gasteiger partial charge in [0, 0.05) is 30.9 Å². The summed E-state index contributed by atoms with van der Waals surface area (Å²) in [7, 11) is 0. The third-order valence-corrected chi connectivity index (χ3v) is 3.85. The Labute approximate surface area is 98.1 Å². The average molecular weight is 221 g/mol. The van der Waals surface area contributed by atoms with Crippen LogP contribution in [-0.4, -0.2) is 22.6 Å². The van der Waals surface area contributed by atoms with E-state index in [9.17, 15) is 0 Å². The van der Waals surface area contributed by atoms with Gasteiger partial charge in [-0.1, -0.05) is 26.7 Å². The third-order valence-electron chi connectivity index (χ3n) is 3.85. The van der Waals surface area contributed by atoms with Gasteiger partial charge in [-0.2, -0.15) is 0 Å². The number of nitrogens with one attached hydrogen (secondary N) is 2. The fourth-order valence-electron chi connectivity index (χ4n) is 2.67. The van der Waals surface area contributed by atoms with Crippen LogP contribution in [0.1, 0.15) is 45.2 Å². The van der Waals surface area contributed by atoms with Gasteiger partial charge in [-0.05, 0) is 18.3 Å². The van der Waals surface area contributed by atoms with E-state index in [2.05, 4.69) is 29.1 Å². The summed E-state index contributed by atoms with van der Waals surface area (Å²) in [6.07, 6.45) is 10.2. The Hall–Kier alpha value is -0.830. The van der Waals surface area contributed by atoms with Crippen LogP contribution in [0.5, 0.6) is 0 Å². The van der Waals surface area contributed by atoms with Crippen molar-refractivity contribution in [2.75, 3.05) is 6.54 Å². The zero-order valence-corrected chi connectivity index (χ0v) is 10.4. The van der Waals surface area contributed by atoms with Crippen molar-refractivity contribution in [2.45, 2.75) is 52.0 Å². The fraction of sp³-hybridized carbons (Fsp3) is 0.769. The molecule has 1 aliphatic carbocycles. The highest BCUT2D eigenvalue weighted by atomic mass is 14.9. The minimum atomic E-state index is 0.465. The Morgan fingerprint density at radius 2 is 2.38 bits per heavy atom. The highest BCUT2D eigenvalue weighted by Gasteiger charge is 2.31. The number of aromatic amines is 1. The van der Waals surface area contributed by atoms with E-state index in [1.165, 1.54) is 31.4 Å². The number of hydrogen-bond donors (Lipinski definition) is 2. The van der Waals surface area contributed by atoms with Gasteiger partial charge in [-0.15, -0.1) is 0 Å². The lowest BCUT2D eigenvalue weighted by atomic mass is 9.73. The van der Waals surface area contributed by atoms with E-state index in [4.69, 9.17) is 0 Å². The molecule has 1 fully saturated rings. The SMILES string of the molecule is CC1(C)CCCCC1NCCc1cnc[nH]1. The van der Waals surface area contributed by atoms with Gasteiger partial charge in [0.15, 0.2) is 0 Å². The highest BCUT2D eigenvalue weighted by molar-refractivity contribution is 4.95. The first-order valence-corrected chi connectivity index (χ1v) is 6.39. The summed E-state index contributed by atoms with van der Waals surface area (Å²) in [4.78, 5) is 7.18. The molecule has 3 nitrogen and oxygen atoms in total. The quantitative estimate of drug-likeness (QED) is 0.820. The summed E-state index contributed by atoms with van der Waals surface area (Å²) in [6, 6.07) is 0.684. The number of aromatic nitrogens is 2. The number of nitrogens with zero attached hydrogens (tertiary/aromatic N) is 1. The lowest BCUT2D eigenvalue weighted by Gasteiger charge is -2.39. The predicted octanol–water partition coefficient (Wildman–Crippen LogP) is 2.51. The van der Waals surface area contributed by atoms with Crippen LogP contribution < -0.4 is 5.32 Å². The molecule has 2 rings (SSSR count). The lowest BCUT2D eigenvalue weighted by Crippen LogP contribution is -2.44. The first-order chi connectivity index (χ1) is 7.68. The summed E-state index contributed by atoms with van der Waals surface area (Å²) in [5.41, 5.74) is 1.69. The number of rotatable bonds is 4. The van der Waals surface area contributed by atoms with Crippen molar-refractivity contribution in [1.82, 2.24) is 15.3 Å². The standard InChI is InChI=1S/C13H23N3/c1-13(2)7-4-3-5-12(13)15-8-6-11-9-14-10-16-11/h9-10,12,15H,3-8H2,1-2H3,(H,14,16). The van der Waals surface area contributed by atoms with Crippen LogP contribution in [0.4, 0.5) is 0 Å². The Bertz CT molecular complexity index is 303. The van der Waals surface area contributed by atoms with Gasteiger partial charge in [-0.3, -0.25) is 0 Å². The molecule has 3 heteroatoms. The maximum absolute atomic E-state index is 4.03. The molecule has 2 N–H and O–H groups in total. The van der Waals surface area contributed by atoms with Crippen molar-refractivity contribution in [1.29, 1.82) is 0 Å². The second-order valence-electron chi connectivity index (χ2n) is 5.57. The van der Waals surface area contributed by atoms with Crippen molar-refractivity contribution in [2.24, 2.45) is 5.41 Å². The molecule has 1 saturated carbocycles. The summed E-state index contributed by atoms with van der Waals surface area (Å²) in [6.45, 7) is 5.83. The highest BCUT2D eigenvalue weighted by Crippen LogP contribution is 2.35. The minimum absolute atomic E-state index is 0.465. The normalized spacial score (nSPS) is 24.5.